The van der Waals surface area contributed by atoms with E-state index in [1.165, 1.54) is 7.11 Å². The van der Waals surface area contributed by atoms with Gasteiger partial charge in [0.15, 0.2) is 0 Å². The Kier molecular flexibility index (Phi) is 7.74. The molecule has 0 aromatic carbocycles. The van der Waals surface area contributed by atoms with Crippen molar-refractivity contribution in [3.8, 4) is 0 Å². The quantitative estimate of drug-likeness (QED) is 0.277. The number of esters is 1. The SMILES string of the molecule is C=CCCCCOC(Cl)C(=O)OC. The lowest BCUT2D eigenvalue weighted by molar-refractivity contribution is -0.148. The normalized spacial score (nSPS) is 12.2. The Bertz CT molecular complexity index is 159. The number of unbranched alkanes of at least 4 members (excludes halogenated alkanes) is 2. The lowest BCUT2D eigenvalue weighted by atomic mass is 10.2. The molecule has 3 nitrogen and oxygen atoms in total. The number of methoxy groups -OCH3 is 1. The zero-order chi connectivity index (χ0) is 10.1. The predicted octanol–water partition coefficient (Wildman–Crippen LogP) is 2.10. The third-order valence-corrected chi connectivity index (χ3v) is 1.76. The van der Waals surface area contributed by atoms with E-state index in [2.05, 4.69) is 11.3 Å². The van der Waals surface area contributed by atoms with Gasteiger partial charge in [-0.2, -0.15) is 0 Å². The molecule has 0 spiro atoms. The molecule has 1 unspecified atom stereocenters. The first-order valence-corrected chi connectivity index (χ1v) is 4.60. The van der Waals surface area contributed by atoms with E-state index < -0.39 is 11.5 Å². The number of carbonyl (C=O) groups is 1. The Morgan fingerprint density at radius 3 is 2.85 bits per heavy atom. The number of allylic oxidation sites excluding steroid dienone is 1. The molecule has 0 aromatic heterocycles. The molecule has 0 aromatic rings. The van der Waals surface area contributed by atoms with Gasteiger partial charge in [0.05, 0.1) is 7.11 Å². The molecule has 0 saturated heterocycles. The van der Waals surface area contributed by atoms with E-state index >= 15 is 0 Å². The van der Waals surface area contributed by atoms with Gasteiger partial charge in [-0.05, 0) is 19.3 Å². The summed E-state index contributed by atoms with van der Waals surface area (Å²) in [6.45, 7) is 4.06. The third-order valence-electron chi connectivity index (χ3n) is 1.45. The number of alkyl halides is 1. The van der Waals surface area contributed by atoms with E-state index in [4.69, 9.17) is 16.3 Å². The van der Waals surface area contributed by atoms with E-state index in [9.17, 15) is 4.79 Å². The second kappa shape index (κ2) is 8.08. The molecule has 76 valence electrons. The molecule has 0 fully saturated rings. The van der Waals surface area contributed by atoms with Crippen molar-refractivity contribution in [2.75, 3.05) is 13.7 Å². The maximum atomic E-state index is 10.7. The van der Waals surface area contributed by atoms with Crippen molar-refractivity contribution in [3.63, 3.8) is 0 Å². The maximum absolute atomic E-state index is 10.7. The molecule has 0 heterocycles. The molecule has 0 aliphatic carbocycles. The van der Waals surface area contributed by atoms with Crippen LogP contribution in [0, 0.1) is 0 Å². The van der Waals surface area contributed by atoms with Crippen molar-refractivity contribution in [1.29, 1.82) is 0 Å². The van der Waals surface area contributed by atoms with E-state index in [0.29, 0.717) is 6.61 Å². The molecule has 0 bridgehead atoms. The van der Waals surface area contributed by atoms with Gasteiger partial charge in [-0.1, -0.05) is 17.7 Å². The Morgan fingerprint density at radius 2 is 2.31 bits per heavy atom. The first-order chi connectivity index (χ1) is 6.22. The van der Waals surface area contributed by atoms with Crippen molar-refractivity contribution in [2.45, 2.75) is 24.8 Å². The topological polar surface area (TPSA) is 35.5 Å². The smallest absolute Gasteiger partial charge is 0.350 e. The summed E-state index contributed by atoms with van der Waals surface area (Å²) < 4.78 is 9.38. The van der Waals surface area contributed by atoms with Gasteiger partial charge < -0.3 is 9.47 Å². The average molecular weight is 207 g/mol. The first-order valence-electron chi connectivity index (χ1n) is 4.16. The number of carbonyl (C=O) groups excluding carboxylic acids is 1. The van der Waals surface area contributed by atoms with Gasteiger partial charge in [-0.25, -0.2) is 4.79 Å². The molecule has 0 radical (unpaired) electrons. The zero-order valence-electron chi connectivity index (χ0n) is 7.79. The van der Waals surface area contributed by atoms with Gasteiger partial charge in [-0.15, -0.1) is 6.58 Å². The van der Waals surface area contributed by atoms with Gasteiger partial charge in [0, 0.05) is 6.61 Å². The standard InChI is InChI=1S/C9H15ClO3/c1-3-4-5-6-7-13-8(10)9(11)12-2/h3,8H,1,4-7H2,2H3. The lowest BCUT2D eigenvalue weighted by Crippen LogP contribution is -2.20. The van der Waals surface area contributed by atoms with Crippen LogP contribution in [0.1, 0.15) is 19.3 Å². The van der Waals surface area contributed by atoms with Crippen LogP contribution in [0.15, 0.2) is 12.7 Å². The molecule has 13 heavy (non-hydrogen) atoms. The summed E-state index contributed by atoms with van der Waals surface area (Å²) in [6.07, 6.45) is 4.66. The molecule has 4 heteroatoms. The fourth-order valence-corrected chi connectivity index (χ4v) is 0.916. The maximum Gasteiger partial charge on any atom is 0.350 e. The van der Waals surface area contributed by atoms with Crippen molar-refractivity contribution < 1.29 is 14.3 Å². The Morgan fingerprint density at radius 1 is 1.62 bits per heavy atom. The summed E-state index contributed by atoms with van der Waals surface area (Å²) in [5.74, 6) is -0.551. The van der Waals surface area contributed by atoms with Crippen LogP contribution in [-0.4, -0.2) is 25.2 Å². The predicted molar refractivity (Wildman–Crippen MR) is 51.7 cm³/mol. The van der Waals surface area contributed by atoms with Crippen LogP contribution in [0.3, 0.4) is 0 Å². The number of rotatable bonds is 7. The highest BCUT2D eigenvalue weighted by Crippen LogP contribution is 2.03. The van der Waals surface area contributed by atoms with Crippen LogP contribution in [0.25, 0.3) is 0 Å². The fraction of sp³-hybridized carbons (Fsp3) is 0.667. The first kappa shape index (κ1) is 12.5. The number of ether oxygens (including phenoxy) is 2. The average Bonchev–Trinajstić information content (AvgIpc) is 2.16. The molecule has 1 atom stereocenters. The van der Waals surface area contributed by atoms with Crippen molar-refractivity contribution in [1.82, 2.24) is 0 Å². The minimum Gasteiger partial charge on any atom is -0.466 e. The van der Waals surface area contributed by atoms with Gasteiger partial charge in [0.25, 0.3) is 0 Å². The van der Waals surface area contributed by atoms with Gasteiger partial charge in [0.1, 0.15) is 0 Å². The summed E-state index contributed by atoms with van der Waals surface area (Å²) in [5.41, 5.74) is -0.978. The minimum atomic E-state index is -0.978. The van der Waals surface area contributed by atoms with Gasteiger partial charge in [0.2, 0.25) is 5.56 Å². The monoisotopic (exact) mass is 206 g/mol. The highest BCUT2D eigenvalue weighted by Gasteiger charge is 2.14. The zero-order valence-corrected chi connectivity index (χ0v) is 8.55. The van der Waals surface area contributed by atoms with Crippen LogP contribution in [0.2, 0.25) is 0 Å². The van der Waals surface area contributed by atoms with Crippen LogP contribution < -0.4 is 0 Å². The molecule has 0 saturated carbocycles. The second-order valence-corrected chi connectivity index (χ2v) is 2.89. The van der Waals surface area contributed by atoms with Crippen LogP contribution >= 0.6 is 11.6 Å². The highest BCUT2D eigenvalue weighted by atomic mass is 35.5. The molecule has 0 aliphatic heterocycles. The number of hydrogen-bond acceptors (Lipinski definition) is 3. The summed E-state index contributed by atoms with van der Waals surface area (Å²) in [4.78, 5) is 10.7. The number of halogens is 1. The molecule has 0 N–H and O–H groups in total. The Labute approximate surface area is 83.7 Å². The molecule has 0 amide bonds. The largest absolute Gasteiger partial charge is 0.466 e. The van der Waals surface area contributed by atoms with Gasteiger partial charge >= 0.3 is 5.97 Å². The van der Waals surface area contributed by atoms with Crippen LogP contribution in [0.4, 0.5) is 0 Å². The highest BCUT2D eigenvalue weighted by molar-refractivity contribution is 6.28. The van der Waals surface area contributed by atoms with E-state index in [1.54, 1.807) is 0 Å². The van der Waals surface area contributed by atoms with Crippen molar-refractivity contribution >= 4 is 17.6 Å². The summed E-state index contributed by atoms with van der Waals surface area (Å²) in [5, 5.41) is 0. The van der Waals surface area contributed by atoms with E-state index in [-0.39, 0.29) is 0 Å². The van der Waals surface area contributed by atoms with Crippen molar-refractivity contribution in [2.24, 2.45) is 0 Å². The van der Waals surface area contributed by atoms with E-state index in [1.807, 2.05) is 6.08 Å². The Balaban J connectivity index is 3.31. The molecular weight excluding hydrogens is 192 g/mol. The van der Waals surface area contributed by atoms with Gasteiger partial charge in [-0.3, -0.25) is 0 Å². The van der Waals surface area contributed by atoms with Crippen molar-refractivity contribution in [3.05, 3.63) is 12.7 Å². The summed E-state index contributed by atoms with van der Waals surface area (Å²) in [6, 6.07) is 0. The number of hydrogen-bond donors (Lipinski definition) is 0. The van der Waals surface area contributed by atoms with E-state index in [0.717, 1.165) is 19.3 Å². The molecule has 0 rings (SSSR count). The van der Waals surface area contributed by atoms with Crippen LogP contribution in [-0.2, 0) is 14.3 Å². The third kappa shape index (κ3) is 6.61. The van der Waals surface area contributed by atoms with Crippen LogP contribution in [0.5, 0.6) is 0 Å². The Hall–Kier alpha value is -0.540. The molecular formula is C9H15ClO3. The lowest BCUT2D eigenvalue weighted by Gasteiger charge is -2.07. The fourth-order valence-electron chi connectivity index (χ4n) is 0.738. The molecule has 0 aliphatic rings. The summed E-state index contributed by atoms with van der Waals surface area (Å²) in [7, 11) is 1.28. The minimum absolute atomic E-state index is 0.469. The second-order valence-electron chi connectivity index (χ2n) is 2.49. The summed E-state index contributed by atoms with van der Waals surface area (Å²) >= 11 is 5.53.